The highest BCUT2D eigenvalue weighted by molar-refractivity contribution is 6.02. The van der Waals surface area contributed by atoms with Crippen LogP contribution in [0.3, 0.4) is 0 Å². The fourth-order valence-corrected chi connectivity index (χ4v) is 2.54. The Kier molecular flexibility index (Phi) is 4.52. The molecule has 0 aliphatic carbocycles. The number of amides is 1. The van der Waals surface area contributed by atoms with Gasteiger partial charge in [0, 0.05) is 18.0 Å². The lowest BCUT2D eigenvalue weighted by Gasteiger charge is -2.07. The Morgan fingerprint density at radius 1 is 1.11 bits per heavy atom. The lowest BCUT2D eigenvalue weighted by atomic mass is 10.2. The van der Waals surface area contributed by atoms with Gasteiger partial charge in [-0.3, -0.25) is 4.79 Å². The number of anilines is 1. The monoisotopic (exact) mass is 367 g/mol. The molecule has 0 unspecified atom stereocenters. The van der Waals surface area contributed by atoms with Gasteiger partial charge in [-0.1, -0.05) is 0 Å². The number of methoxy groups -OCH3 is 1. The minimum atomic E-state index is -0.322. The maximum Gasteiger partial charge on any atom is 0.276 e. The van der Waals surface area contributed by atoms with Crippen LogP contribution in [0.1, 0.15) is 10.5 Å². The zero-order valence-electron chi connectivity index (χ0n) is 14.5. The Bertz CT molecular complexity index is 952. The van der Waals surface area contributed by atoms with Crippen LogP contribution in [0.4, 0.5) is 5.69 Å². The smallest absolute Gasteiger partial charge is 0.276 e. The molecular formula is C19H17N3O5. The van der Waals surface area contributed by atoms with Gasteiger partial charge >= 0.3 is 0 Å². The molecule has 1 amide bonds. The fraction of sp³-hybridized carbons (Fsp3) is 0.158. The van der Waals surface area contributed by atoms with Crippen LogP contribution >= 0.6 is 0 Å². The largest absolute Gasteiger partial charge is 0.497 e. The van der Waals surface area contributed by atoms with Crippen molar-refractivity contribution >= 4 is 11.6 Å². The molecule has 8 heteroatoms. The predicted octanol–water partition coefficient (Wildman–Crippen LogP) is 2.91. The normalized spacial score (nSPS) is 11.9. The van der Waals surface area contributed by atoms with Crippen LogP contribution in [-0.4, -0.2) is 29.6 Å². The fourth-order valence-electron chi connectivity index (χ4n) is 2.54. The molecule has 0 bridgehead atoms. The zero-order valence-corrected chi connectivity index (χ0v) is 14.5. The summed E-state index contributed by atoms with van der Waals surface area (Å²) in [7, 11) is 1.61. The lowest BCUT2D eigenvalue weighted by Crippen LogP contribution is -2.14. The van der Waals surface area contributed by atoms with Gasteiger partial charge in [0.2, 0.25) is 6.79 Å². The molecule has 4 rings (SSSR count). The van der Waals surface area contributed by atoms with E-state index in [0.717, 1.165) is 5.75 Å². The van der Waals surface area contributed by atoms with E-state index in [1.165, 1.54) is 0 Å². The van der Waals surface area contributed by atoms with E-state index >= 15 is 0 Å². The lowest BCUT2D eigenvalue weighted by molar-refractivity contribution is 0.102. The van der Waals surface area contributed by atoms with E-state index in [4.69, 9.17) is 18.9 Å². The van der Waals surface area contributed by atoms with E-state index in [-0.39, 0.29) is 25.1 Å². The summed E-state index contributed by atoms with van der Waals surface area (Å²) in [6.07, 6.45) is 1.68. The molecule has 0 radical (unpaired) electrons. The number of rotatable bonds is 6. The Labute approximate surface area is 155 Å². The minimum absolute atomic E-state index is 0.184. The van der Waals surface area contributed by atoms with Crippen molar-refractivity contribution in [2.75, 3.05) is 19.2 Å². The third-order valence-corrected chi connectivity index (χ3v) is 3.93. The average molecular weight is 367 g/mol. The molecule has 2 aromatic carbocycles. The molecule has 0 spiro atoms. The molecule has 138 valence electrons. The van der Waals surface area contributed by atoms with Gasteiger partial charge in [0.1, 0.15) is 11.5 Å². The van der Waals surface area contributed by atoms with Crippen molar-refractivity contribution < 1.29 is 23.7 Å². The highest BCUT2D eigenvalue weighted by Crippen LogP contribution is 2.34. The number of carbonyl (C=O) groups is 1. The van der Waals surface area contributed by atoms with Crippen LogP contribution in [0.15, 0.2) is 54.7 Å². The SMILES string of the molecule is COc1ccc(OCn2ccc(C(=O)Nc3ccc4c(c3)OCO4)n2)cc1. The Morgan fingerprint density at radius 2 is 1.89 bits per heavy atom. The average Bonchev–Trinajstić information content (AvgIpc) is 3.36. The van der Waals surface area contributed by atoms with Crippen LogP contribution in [0, 0.1) is 0 Å². The number of nitrogens with zero attached hydrogens (tertiary/aromatic N) is 2. The minimum Gasteiger partial charge on any atom is -0.497 e. The van der Waals surface area contributed by atoms with Gasteiger partial charge in [0.05, 0.1) is 7.11 Å². The molecule has 1 aliphatic heterocycles. The van der Waals surface area contributed by atoms with Gasteiger partial charge < -0.3 is 24.3 Å². The van der Waals surface area contributed by atoms with E-state index in [9.17, 15) is 4.79 Å². The first-order valence-electron chi connectivity index (χ1n) is 8.22. The first-order chi connectivity index (χ1) is 13.2. The first-order valence-corrected chi connectivity index (χ1v) is 8.22. The standard InChI is InChI=1S/C19H17N3O5/c1-24-14-3-5-15(6-4-14)25-11-22-9-8-16(21-22)19(23)20-13-2-7-17-18(10-13)27-12-26-17/h2-10H,11-12H2,1H3,(H,20,23). The summed E-state index contributed by atoms with van der Waals surface area (Å²) in [5, 5.41) is 7.01. The van der Waals surface area contributed by atoms with E-state index in [1.807, 2.05) is 12.1 Å². The summed E-state index contributed by atoms with van der Waals surface area (Å²) in [5.41, 5.74) is 0.888. The van der Waals surface area contributed by atoms with Gasteiger partial charge in [-0.05, 0) is 42.5 Å². The van der Waals surface area contributed by atoms with Crippen molar-refractivity contribution in [3.05, 3.63) is 60.4 Å². The molecule has 0 atom stereocenters. The number of hydrogen-bond donors (Lipinski definition) is 1. The molecule has 8 nitrogen and oxygen atoms in total. The maximum atomic E-state index is 12.4. The molecule has 0 fully saturated rings. The van der Waals surface area contributed by atoms with E-state index in [2.05, 4.69) is 10.4 Å². The van der Waals surface area contributed by atoms with Crippen molar-refractivity contribution in [2.45, 2.75) is 6.73 Å². The van der Waals surface area contributed by atoms with E-state index in [1.54, 1.807) is 54.4 Å². The van der Waals surface area contributed by atoms with Gasteiger partial charge in [-0.25, -0.2) is 4.68 Å². The third-order valence-electron chi connectivity index (χ3n) is 3.93. The number of fused-ring (bicyclic) bond motifs is 1. The van der Waals surface area contributed by atoms with E-state index in [0.29, 0.717) is 22.9 Å². The number of carbonyl (C=O) groups excluding carboxylic acids is 1. The number of nitrogens with one attached hydrogen (secondary N) is 1. The molecule has 2 heterocycles. The highest BCUT2D eigenvalue weighted by Gasteiger charge is 2.15. The molecule has 3 aromatic rings. The van der Waals surface area contributed by atoms with Crippen LogP contribution in [0.5, 0.6) is 23.0 Å². The topological polar surface area (TPSA) is 83.8 Å². The van der Waals surface area contributed by atoms with Crippen LogP contribution in [-0.2, 0) is 6.73 Å². The maximum absolute atomic E-state index is 12.4. The molecule has 1 aliphatic rings. The van der Waals surface area contributed by atoms with E-state index < -0.39 is 0 Å². The van der Waals surface area contributed by atoms with Gasteiger partial charge in [0.15, 0.2) is 23.9 Å². The Morgan fingerprint density at radius 3 is 2.70 bits per heavy atom. The summed E-state index contributed by atoms with van der Waals surface area (Å²) in [4.78, 5) is 12.4. The molecule has 1 N–H and O–H groups in total. The van der Waals surface area contributed by atoms with Crippen LogP contribution < -0.4 is 24.3 Å². The van der Waals surface area contributed by atoms with Crippen molar-refractivity contribution in [2.24, 2.45) is 0 Å². The molecule has 0 saturated carbocycles. The molecule has 0 saturated heterocycles. The van der Waals surface area contributed by atoms with Crippen molar-refractivity contribution in [1.82, 2.24) is 9.78 Å². The molecule has 1 aromatic heterocycles. The third kappa shape index (κ3) is 3.79. The number of ether oxygens (including phenoxy) is 4. The number of hydrogen-bond acceptors (Lipinski definition) is 6. The van der Waals surface area contributed by atoms with Crippen molar-refractivity contribution in [3.8, 4) is 23.0 Å². The van der Waals surface area contributed by atoms with Gasteiger partial charge in [0.25, 0.3) is 5.91 Å². The second-order valence-electron chi connectivity index (χ2n) is 5.71. The molecular weight excluding hydrogens is 350 g/mol. The Balaban J connectivity index is 1.36. The zero-order chi connectivity index (χ0) is 18.6. The van der Waals surface area contributed by atoms with Crippen molar-refractivity contribution in [1.29, 1.82) is 0 Å². The number of aromatic nitrogens is 2. The van der Waals surface area contributed by atoms with Gasteiger partial charge in [-0.2, -0.15) is 5.10 Å². The highest BCUT2D eigenvalue weighted by atomic mass is 16.7. The molecule has 27 heavy (non-hydrogen) atoms. The quantitative estimate of drug-likeness (QED) is 0.721. The van der Waals surface area contributed by atoms with Crippen LogP contribution in [0.2, 0.25) is 0 Å². The van der Waals surface area contributed by atoms with Crippen LogP contribution in [0.25, 0.3) is 0 Å². The summed E-state index contributed by atoms with van der Waals surface area (Å²) >= 11 is 0. The predicted molar refractivity (Wildman–Crippen MR) is 96.4 cm³/mol. The first kappa shape index (κ1) is 16.8. The summed E-state index contributed by atoms with van der Waals surface area (Å²) in [5.74, 6) is 2.37. The second kappa shape index (κ2) is 7.28. The van der Waals surface area contributed by atoms with Crippen molar-refractivity contribution in [3.63, 3.8) is 0 Å². The summed E-state index contributed by atoms with van der Waals surface area (Å²) < 4.78 is 22.8. The number of benzene rings is 2. The summed E-state index contributed by atoms with van der Waals surface area (Å²) in [6, 6.07) is 14.1. The summed E-state index contributed by atoms with van der Waals surface area (Å²) in [6.45, 7) is 0.370. The Hall–Kier alpha value is -3.68. The second-order valence-corrected chi connectivity index (χ2v) is 5.71. The van der Waals surface area contributed by atoms with Gasteiger partial charge in [-0.15, -0.1) is 0 Å².